The van der Waals surface area contributed by atoms with E-state index in [1.165, 1.54) is 12.1 Å². The van der Waals surface area contributed by atoms with E-state index in [1.54, 1.807) is 6.07 Å². The molecule has 1 aromatic carbocycles. The van der Waals surface area contributed by atoms with Gasteiger partial charge in [-0.15, -0.1) is 0 Å². The summed E-state index contributed by atoms with van der Waals surface area (Å²) in [5.41, 5.74) is 0.107. The van der Waals surface area contributed by atoms with Crippen molar-refractivity contribution in [3.63, 3.8) is 0 Å². The number of hydrogen-bond donors (Lipinski definition) is 2. The van der Waals surface area contributed by atoms with Crippen molar-refractivity contribution in [1.29, 1.82) is 0 Å². The van der Waals surface area contributed by atoms with Crippen LogP contribution in [-0.2, 0) is 0 Å². The maximum Gasteiger partial charge on any atom is 0.254 e. The molecule has 0 aliphatic carbocycles. The number of hydrogen-bond acceptors (Lipinski definition) is 2. The number of carbonyl (C=O) groups excluding carboxylic acids is 1. The average Bonchev–Trinajstić information content (AvgIpc) is 2.57. The van der Waals surface area contributed by atoms with Gasteiger partial charge in [0.15, 0.2) is 0 Å². The van der Waals surface area contributed by atoms with Gasteiger partial charge in [-0.1, -0.05) is 15.9 Å². The summed E-state index contributed by atoms with van der Waals surface area (Å²) in [7, 11) is 0. The van der Waals surface area contributed by atoms with Gasteiger partial charge in [-0.3, -0.25) is 4.79 Å². The number of halogens is 2. The van der Waals surface area contributed by atoms with E-state index >= 15 is 0 Å². The number of benzene rings is 1. The molecule has 0 bridgehead atoms. The third-order valence-corrected chi connectivity index (χ3v) is 3.58. The number of nitrogens with one attached hydrogen (secondary N) is 2. The minimum absolute atomic E-state index is 0.107. The highest BCUT2D eigenvalue weighted by Gasteiger charge is 2.17. The van der Waals surface area contributed by atoms with Crippen LogP contribution in [0.4, 0.5) is 4.39 Å². The lowest BCUT2D eigenvalue weighted by Crippen LogP contribution is -2.35. The van der Waals surface area contributed by atoms with Gasteiger partial charge >= 0.3 is 0 Å². The van der Waals surface area contributed by atoms with Crippen LogP contribution in [-0.4, -0.2) is 25.0 Å². The second kappa shape index (κ2) is 6.29. The van der Waals surface area contributed by atoms with Crippen molar-refractivity contribution in [3.05, 3.63) is 34.1 Å². The maximum absolute atomic E-state index is 13.6. The zero-order valence-corrected chi connectivity index (χ0v) is 11.6. The molecule has 98 valence electrons. The molecule has 1 fully saturated rings. The fourth-order valence-electron chi connectivity index (χ4n) is 2.10. The van der Waals surface area contributed by atoms with Gasteiger partial charge in [0.25, 0.3) is 5.91 Å². The minimum atomic E-state index is -0.492. The smallest absolute Gasteiger partial charge is 0.254 e. The van der Waals surface area contributed by atoms with Gasteiger partial charge < -0.3 is 10.6 Å². The summed E-state index contributed by atoms with van der Waals surface area (Å²) in [5.74, 6) is -0.819. The third-order valence-electron chi connectivity index (χ3n) is 3.09. The van der Waals surface area contributed by atoms with Gasteiger partial charge in [-0.2, -0.15) is 0 Å². The standard InChI is InChI=1S/C13H16BrFN2O/c14-9-3-4-11(12(15)8-9)13(18)17-10-2-1-6-16-7-5-10/h3-4,8,10,16H,1-2,5-7H2,(H,17,18). The predicted molar refractivity (Wildman–Crippen MR) is 72.1 cm³/mol. The van der Waals surface area contributed by atoms with Gasteiger partial charge in [0, 0.05) is 10.5 Å². The Balaban J connectivity index is 2.02. The second-order valence-electron chi connectivity index (χ2n) is 4.48. The van der Waals surface area contributed by atoms with Crippen LogP contribution in [0.2, 0.25) is 0 Å². The van der Waals surface area contributed by atoms with Crippen molar-refractivity contribution in [1.82, 2.24) is 10.6 Å². The molecular formula is C13H16BrFN2O. The molecule has 0 radical (unpaired) electrons. The number of amides is 1. The summed E-state index contributed by atoms with van der Waals surface area (Å²) in [6.45, 7) is 1.88. The topological polar surface area (TPSA) is 41.1 Å². The molecule has 1 unspecified atom stereocenters. The van der Waals surface area contributed by atoms with Crippen LogP contribution in [0.5, 0.6) is 0 Å². The van der Waals surface area contributed by atoms with Crippen LogP contribution in [0.25, 0.3) is 0 Å². The van der Waals surface area contributed by atoms with E-state index in [1.807, 2.05) is 0 Å². The lowest BCUT2D eigenvalue weighted by molar-refractivity contribution is 0.0930. The molecule has 18 heavy (non-hydrogen) atoms. The first-order chi connectivity index (χ1) is 8.66. The SMILES string of the molecule is O=C(NC1CCCNCC1)c1ccc(Br)cc1F. The Kier molecular flexibility index (Phi) is 4.72. The molecule has 1 aromatic rings. The Morgan fingerprint density at radius 3 is 3.00 bits per heavy atom. The Morgan fingerprint density at radius 2 is 2.22 bits per heavy atom. The van der Waals surface area contributed by atoms with E-state index in [-0.39, 0.29) is 17.5 Å². The van der Waals surface area contributed by atoms with Gasteiger partial charge in [0.2, 0.25) is 0 Å². The van der Waals surface area contributed by atoms with Crippen LogP contribution in [0.15, 0.2) is 22.7 Å². The van der Waals surface area contributed by atoms with Crippen molar-refractivity contribution in [2.24, 2.45) is 0 Å². The molecule has 2 N–H and O–H groups in total. The highest BCUT2D eigenvalue weighted by atomic mass is 79.9. The summed E-state index contributed by atoms with van der Waals surface area (Å²) >= 11 is 3.17. The average molecular weight is 315 g/mol. The monoisotopic (exact) mass is 314 g/mol. The molecule has 1 saturated heterocycles. The quantitative estimate of drug-likeness (QED) is 0.880. The first-order valence-electron chi connectivity index (χ1n) is 6.13. The van der Waals surface area contributed by atoms with E-state index in [4.69, 9.17) is 0 Å². The molecule has 2 rings (SSSR count). The third kappa shape index (κ3) is 3.53. The van der Waals surface area contributed by atoms with Crippen molar-refractivity contribution in [3.8, 4) is 0 Å². The maximum atomic E-state index is 13.6. The van der Waals surface area contributed by atoms with Crippen LogP contribution >= 0.6 is 15.9 Å². The van der Waals surface area contributed by atoms with E-state index in [9.17, 15) is 9.18 Å². The molecule has 1 atom stereocenters. The number of carbonyl (C=O) groups is 1. The summed E-state index contributed by atoms with van der Waals surface area (Å²) in [5, 5.41) is 6.18. The van der Waals surface area contributed by atoms with Crippen molar-refractivity contribution >= 4 is 21.8 Å². The van der Waals surface area contributed by atoms with Gasteiger partial charge in [0.1, 0.15) is 5.82 Å². The lowest BCUT2D eigenvalue weighted by atomic mass is 10.1. The lowest BCUT2D eigenvalue weighted by Gasteiger charge is -2.16. The van der Waals surface area contributed by atoms with Gasteiger partial charge in [-0.25, -0.2) is 4.39 Å². The van der Waals surface area contributed by atoms with E-state index < -0.39 is 5.82 Å². The predicted octanol–water partition coefficient (Wildman–Crippen LogP) is 2.46. The second-order valence-corrected chi connectivity index (χ2v) is 5.39. The molecule has 0 saturated carbocycles. The number of rotatable bonds is 2. The first-order valence-corrected chi connectivity index (χ1v) is 6.93. The Bertz CT molecular complexity index is 431. The molecule has 1 heterocycles. The molecule has 1 amide bonds. The first kappa shape index (κ1) is 13.5. The molecule has 1 aliphatic heterocycles. The zero-order valence-electron chi connectivity index (χ0n) is 10.0. The Morgan fingerprint density at radius 1 is 1.39 bits per heavy atom. The van der Waals surface area contributed by atoms with E-state index in [2.05, 4.69) is 26.6 Å². The molecule has 3 nitrogen and oxygen atoms in total. The van der Waals surface area contributed by atoms with Gasteiger partial charge in [0.05, 0.1) is 5.56 Å². The van der Waals surface area contributed by atoms with E-state index in [0.717, 1.165) is 32.4 Å². The van der Waals surface area contributed by atoms with Crippen LogP contribution in [0.3, 0.4) is 0 Å². The normalized spacial score (nSPS) is 20.2. The summed E-state index contributed by atoms with van der Waals surface area (Å²) in [4.78, 5) is 12.0. The van der Waals surface area contributed by atoms with Crippen molar-refractivity contribution < 1.29 is 9.18 Å². The van der Waals surface area contributed by atoms with E-state index in [0.29, 0.717) is 4.47 Å². The minimum Gasteiger partial charge on any atom is -0.349 e. The highest BCUT2D eigenvalue weighted by molar-refractivity contribution is 9.10. The molecule has 0 aromatic heterocycles. The fourth-order valence-corrected chi connectivity index (χ4v) is 2.43. The Hall–Kier alpha value is -0.940. The molecule has 1 aliphatic rings. The van der Waals surface area contributed by atoms with Crippen molar-refractivity contribution in [2.45, 2.75) is 25.3 Å². The van der Waals surface area contributed by atoms with Gasteiger partial charge in [-0.05, 0) is 50.6 Å². The highest BCUT2D eigenvalue weighted by Crippen LogP contribution is 2.16. The summed E-state index contributed by atoms with van der Waals surface area (Å²) < 4.78 is 14.3. The zero-order chi connectivity index (χ0) is 13.0. The van der Waals surface area contributed by atoms with Crippen LogP contribution in [0, 0.1) is 5.82 Å². The van der Waals surface area contributed by atoms with Crippen LogP contribution in [0.1, 0.15) is 29.6 Å². The fraction of sp³-hybridized carbons (Fsp3) is 0.462. The molecule has 0 spiro atoms. The molecular weight excluding hydrogens is 299 g/mol. The summed E-state index contributed by atoms with van der Waals surface area (Å²) in [6.07, 6.45) is 2.87. The summed E-state index contributed by atoms with van der Waals surface area (Å²) in [6, 6.07) is 4.62. The van der Waals surface area contributed by atoms with Crippen molar-refractivity contribution in [2.75, 3.05) is 13.1 Å². The largest absolute Gasteiger partial charge is 0.349 e. The Labute approximate surface area is 114 Å². The van der Waals surface area contributed by atoms with Crippen LogP contribution < -0.4 is 10.6 Å². The molecule has 5 heteroatoms.